The molecule has 1 unspecified atom stereocenters. The molecule has 0 spiro atoms. The van der Waals surface area contributed by atoms with E-state index in [2.05, 4.69) is 6.07 Å². The summed E-state index contributed by atoms with van der Waals surface area (Å²) >= 11 is 0. The van der Waals surface area contributed by atoms with Crippen molar-refractivity contribution < 1.29 is 13.9 Å². The lowest BCUT2D eigenvalue weighted by atomic mass is 10.0. The quantitative estimate of drug-likeness (QED) is 0.823. The summed E-state index contributed by atoms with van der Waals surface area (Å²) in [6.07, 6.45) is 0. The van der Waals surface area contributed by atoms with Gasteiger partial charge in [0.1, 0.15) is 11.9 Å². The number of nitrogens with zero attached hydrogens (tertiary/aromatic N) is 4. The van der Waals surface area contributed by atoms with Crippen molar-refractivity contribution in [3.63, 3.8) is 0 Å². The number of hydrogen-bond donors (Lipinski definition) is 0. The summed E-state index contributed by atoms with van der Waals surface area (Å²) in [5.74, 6) is -0.365. The molecule has 0 aliphatic carbocycles. The Labute approximate surface area is 141 Å². The first-order chi connectivity index (χ1) is 11.7. The molecule has 2 saturated heterocycles. The van der Waals surface area contributed by atoms with Crippen LogP contribution in [-0.4, -0.2) is 73.2 Å². The number of urea groups is 1. The van der Waals surface area contributed by atoms with Crippen LogP contribution in [-0.2, 0) is 4.74 Å². The lowest BCUT2D eigenvalue weighted by Gasteiger charge is -2.39. The van der Waals surface area contributed by atoms with E-state index in [1.807, 2.05) is 4.90 Å². The standard InChI is InChI=1S/C17H21FN4O2/c18-15-4-2-1-3-14(15)16(13-19)20-5-7-21(8-6-20)17(23)22-9-11-24-12-10-22/h1-4,16H,5-12H2. The lowest BCUT2D eigenvalue weighted by molar-refractivity contribution is 0.0362. The number of ether oxygens (including phenoxy) is 1. The summed E-state index contributed by atoms with van der Waals surface area (Å²) < 4.78 is 19.2. The maximum absolute atomic E-state index is 14.0. The molecule has 1 atom stereocenters. The average Bonchev–Trinajstić information content (AvgIpc) is 2.64. The van der Waals surface area contributed by atoms with Crippen molar-refractivity contribution in [1.29, 1.82) is 5.26 Å². The van der Waals surface area contributed by atoms with Crippen LogP contribution < -0.4 is 0 Å². The molecule has 128 valence electrons. The fourth-order valence-corrected chi connectivity index (χ4v) is 3.17. The van der Waals surface area contributed by atoms with Gasteiger partial charge in [-0.3, -0.25) is 4.90 Å². The van der Waals surface area contributed by atoms with Gasteiger partial charge < -0.3 is 14.5 Å². The van der Waals surface area contributed by atoms with Crippen molar-refractivity contribution >= 4 is 6.03 Å². The highest BCUT2D eigenvalue weighted by Crippen LogP contribution is 2.24. The van der Waals surface area contributed by atoms with Crippen LogP contribution in [0.15, 0.2) is 24.3 Å². The molecule has 7 heteroatoms. The van der Waals surface area contributed by atoms with Gasteiger partial charge in [-0.05, 0) is 6.07 Å². The van der Waals surface area contributed by atoms with E-state index in [1.165, 1.54) is 6.07 Å². The SMILES string of the molecule is N#CC(c1ccccc1F)N1CCN(C(=O)N2CCOCC2)CC1. The van der Waals surface area contributed by atoms with Crippen LogP contribution in [0.2, 0.25) is 0 Å². The molecule has 24 heavy (non-hydrogen) atoms. The van der Waals surface area contributed by atoms with Crippen LogP contribution in [0.1, 0.15) is 11.6 Å². The minimum Gasteiger partial charge on any atom is -0.378 e. The van der Waals surface area contributed by atoms with Gasteiger partial charge in [0.2, 0.25) is 0 Å². The molecule has 2 fully saturated rings. The third-order valence-electron chi connectivity index (χ3n) is 4.55. The highest BCUT2D eigenvalue weighted by atomic mass is 19.1. The maximum Gasteiger partial charge on any atom is 0.320 e. The fraction of sp³-hybridized carbons (Fsp3) is 0.529. The molecular weight excluding hydrogens is 311 g/mol. The van der Waals surface area contributed by atoms with Gasteiger partial charge in [-0.2, -0.15) is 5.26 Å². The van der Waals surface area contributed by atoms with Crippen LogP contribution in [0.4, 0.5) is 9.18 Å². The third kappa shape index (κ3) is 3.50. The van der Waals surface area contributed by atoms with Crippen molar-refractivity contribution in [2.24, 2.45) is 0 Å². The Hall–Kier alpha value is -2.17. The average molecular weight is 332 g/mol. The zero-order valence-electron chi connectivity index (χ0n) is 13.5. The molecule has 0 N–H and O–H groups in total. The van der Waals surface area contributed by atoms with E-state index in [0.29, 0.717) is 58.0 Å². The minimum atomic E-state index is -0.619. The van der Waals surface area contributed by atoms with Crippen LogP contribution >= 0.6 is 0 Å². The number of hydrogen-bond acceptors (Lipinski definition) is 4. The number of halogens is 1. The number of morpholine rings is 1. The van der Waals surface area contributed by atoms with E-state index in [4.69, 9.17) is 4.74 Å². The summed E-state index contributed by atoms with van der Waals surface area (Å²) in [5.41, 5.74) is 0.396. The minimum absolute atomic E-state index is 0.0253. The van der Waals surface area contributed by atoms with Gasteiger partial charge in [-0.25, -0.2) is 9.18 Å². The van der Waals surface area contributed by atoms with Crippen molar-refractivity contribution in [3.8, 4) is 6.07 Å². The van der Waals surface area contributed by atoms with E-state index < -0.39 is 6.04 Å². The molecule has 2 heterocycles. The van der Waals surface area contributed by atoms with Crippen LogP contribution in [0.5, 0.6) is 0 Å². The van der Waals surface area contributed by atoms with Gasteiger partial charge in [0, 0.05) is 44.8 Å². The molecule has 0 saturated carbocycles. The normalized spacial score (nSPS) is 20.5. The molecule has 0 aromatic heterocycles. The maximum atomic E-state index is 14.0. The first-order valence-electron chi connectivity index (χ1n) is 8.20. The Kier molecular flexibility index (Phi) is 5.28. The number of rotatable bonds is 2. The van der Waals surface area contributed by atoms with Crippen molar-refractivity contribution in [2.75, 3.05) is 52.5 Å². The number of piperazine rings is 1. The highest BCUT2D eigenvalue weighted by Gasteiger charge is 2.30. The van der Waals surface area contributed by atoms with Crippen molar-refractivity contribution in [2.45, 2.75) is 6.04 Å². The lowest BCUT2D eigenvalue weighted by Crippen LogP contribution is -2.55. The Balaban J connectivity index is 1.61. The first kappa shape index (κ1) is 16.7. The predicted molar refractivity (Wildman–Crippen MR) is 85.7 cm³/mol. The summed E-state index contributed by atoms with van der Waals surface area (Å²) in [7, 11) is 0. The van der Waals surface area contributed by atoms with E-state index in [-0.39, 0.29) is 11.8 Å². The number of nitriles is 1. The van der Waals surface area contributed by atoms with E-state index in [0.717, 1.165) is 0 Å². The number of benzene rings is 1. The van der Waals surface area contributed by atoms with Gasteiger partial charge in [0.25, 0.3) is 0 Å². The summed E-state index contributed by atoms with van der Waals surface area (Å²) in [6, 6.07) is 7.97. The Morgan fingerprint density at radius 1 is 1.08 bits per heavy atom. The van der Waals surface area contributed by atoms with Crippen molar-refractivity contribution in [1.82, 2.24) is 14.7 Å². The second-order valence-corrected chi connectivity index (χ2v) is 5.96. The van der Waals surface area contributed by atoms with Crippen LogP contribution in [0.25, 0.3) is 0 Å². The highest BCUT2D eigenvalue weighted by molar-refractivity contribution is 5.74. The summed E-state index contributed by atoms with van der Waals surface area (Å²) in [4.78, 5) is 18.0. The molecule has 2 aliphatic heterocycles. The molecular formula is C17H21FN4O2. The molecule has 3 rings (SSSR count). The molecule has 2 aliphatic rings. The second kappa shape index (κ2) is 7.60. The topological polar surface area (TPSA) is 59.8 Å². The first-order valence-corrected chi connectivity index (χ1v) is 8.20. The van der Waals surface area contributed by atoms with Gasteiger partial charge in [0.15, 0.2) is 0 Å². The predicted octanol–water partition coefficient (Wildman–Crippen LogP) is 1.46. The zero-order chi connectivity index (χ0) is 16.9. The molecule has 0 bridgehead atoms. The summed E-state index contributed by atoms with van der Waals surface area (Å²) in [6.45, 7) is 4.60. The molecule has 1 aromatic carbocycles. The monoisotopic (exact) mass is 332 g/mol. The van der Waals surface area contributed by atoms with Gasteiger partial charge >= 0.3 is 6.03 Å². The van der Waals surface area contributed by atoms with Gasteiger partial charge in [0.05, 0.1) is 19.3 Å². The fourth-order valence-electron chi connectivity index (χ4n) is 3.17. The van der Waals surface area contributed by atoms with E-state index in [1.54, 1.807) is 28.0 Å². The van der Waals surface area contributed by atoms with E-state index >= 15 is 0 Å². The van der Waals surface area contributed by atoms with Crippen LogP contribution in [0, 0.1) is 17.1 Å². The summed E-state index contributed by atoms with van der Waals surface area (Å²) in [5, 5.41) is 9.47. The number of carbonyl (C=O) groups excluding carboxylic acids is 1. The van der Waals surface area contributed by atoms with Gasteiger partial charge in [-0.1, -0.05) is 18.2 Å². The third-order valence-corrected chi connectivity index (χ3v) is 4.55. The number of amides is 2. The Bertz CT molecular complexity index is 619. The smallest absolute Gasteiger partial charge is 0.320 e. The molecule has 0 radical (unpaired) electrons. The number of carbonyl (C=O) groups is 1. The van der Waals surface area contributed by atoms with Gasteiger partial charge in [-0.15, -0.1) is 0 Å². The molecule has 2 amide bonds. The largest absolute Gasteiger partial charge is 0.378 e. The molecule has 6 nitrogen and oxygen atoms in total. The zero-order valence-corrected chi connectivity index (χ0v) is 13.5. The second-order valence-electron chi connectivity index (χ2n) is 5.96. The van der Waals surface area contributed by atoms with E-state index in [9.17, 15) is 14.4 Å². The van der Waals surface area contributed by atoms with Crippen molar-refractivity contribution in [3.05, 3.63) is 35.6 Å². The Morgan fingerprint density at radius 2 is 1.71 bits per heavy atom. The molecule has 1 aromatic rings. The Morgan fingerprint density at radius 3 is 2.33 bits per heavy atom. The van der Waals surface area contributed by atoms with Crippen LogP contribution in [0.3, 0.4) is 0 Å².